The van der Waals surface area contributed by atoms with Crippen LogP contribution in [-0.2, 0) is 4.43 Å². The summed E-state index contributed by atoms with van der Waals surface area (Å²) < 4.78 is 5.06. The van der Waals surface area contributed by atoms with Crippen molar-refractivity contribution in [2.45, 2.75) is 13.1 Å². The summed E-state index contributed by atoms with van der Waals surface area (Å²) in [5.74, 6) is 0. The minimum atomic E-state index is -0.434. The first-order valence-corrected chi connectivity index (χ1v) is 4.96. The standard InChI is InChI=1S/C3H8OSi2/c1-6(2)4-3-5/h3H2,1-2H3. The molecule has 0 amide bonds. The molecule has 0 aliphatic rings. The molecule has 0 saturated carbocycles. The van der Waals surface area contributed by atoms with Crippen molar-refractivity contribution in [2.75, 3.05) is 6.23 Å². The van der Waals surface area contributed by atoms with Crippen molar-refractivity contribution in [2.24, 2.45) is 0 Å². The Labute approximate surface area is 43.9 Å². The highest BCUT2D eigenvalue weighted by Gasteiger charge is 1.89. The van der Waals surface area contributed by atoms with Crippen molar-refractivity contribution in [3.63, 3.8) is 0 Å². The summed E-state index contributed by atoms with van der Waals surface area (Å²) >= 11 is 0. The van der Waals surface area contributed by atoms with Crippen LogP contribution in [0.15, 0.2) is 0 Å². The van der Waals surface area contributed by atoms with Gasteiger partial charge in [0, 0.05) is 6.23 Å². The topological polar surface area (TPSA) is 9.23 Å². The smallest absolute Gasteiger partial charge is 0.204 e. The van der Waals surface area contributed by atoms with Crippen LogP contribution >= 0.6 is 0 Å². The zero-order valence-electron chi connectivity index (χ0n) is 4.12. The zero-order chi connectivity index (χ0) is 4.99. The monoisotopic (exact) mass is 116 g/mol. The molecule has 0 aromatic heterocycles. The van der Waals surface area contributed by atoms with Gasteiger partial charge in [0.05, 0.1) is 10.2 Å². The van der Waals surface area contributed by atoms with Gasteiger partial charge in [0.1, 0.15) is 0 Å². The van der Waals surface area contributed by atoms with Crippen molar-refractivity contribution < 1.29 is 4.43 Å². The maximum atomic E-state index is 5.06. The molecule has 0 aliphatic carbocycles. The number of hydrogen-bond acceptors (Lipinski definition) is 1. The maximum absolute atomic E-state index is 5.06. The van der Waals surface area contributed by atoms with Crippen LogP contribution in [0, 0.1) is 0 Å². The molecule has 0 aromatic carbocycles. The summed E-state index contributed by atoms with van der Waals surface area (Å²) in [5.41, 5.74) is 0. The van der Waals surface area contributed by atoms with E-state index in [0.717, 1.165) is 0 Å². The molecular weight excluding hydrogens is 108 g/mol. The van der Waals surface area contributed by atoms with Crippen LogP contribution in [0.3, 0.4) is 0 Å². The third-order valence-electron chi connectivity index (χ3n) is 0.361. The van der Waals surface area contributed by atoms with E-state index in [-0.39, 0.29) is 0 Å². The van der Waals surface area contributed by atoms with E-state index in [2.05, 4.69) is 23.3 Å². The second-order valence-electron chi connectivity index (χ2n) is 1.20. The highest BCUT2D eigenvalue weighted by molar-refractivity contribution is 6.48. The van der Waals surface area contributed by atoms with Gasteiger partial charge in [-0.1, -0.05) is 0 Å². The first-order valence-electron chi connectivity index (χ1n) is 1.85. The largest absolute Gasteiger partial charge is 0.421 e. The van der Waals surface area contributed by atoms with Gasteiger partial charge in [0.25, 0.3) is 0 Å². The van der Waals surface area contributed by atoms with E-state index in [1.165, 1.54) is 0 Å². The van der Waals surface area contributed by atoms with Crippen molar-refractivity contribution in [1.82, 2.24) is 0 Å². The normalized spacial score (nSPS) is 10.0. The lowest BCUT2D eigenvalue weighted by atomic mass is 11.7. The van der Waals surface area contributed by atoms with Crippen LogP contribution in [0.4, 0.5) is 0 Å². The Balaban J connectivity index is 2.63. The van der Waals surface area contributed by atoms with Crippen LogP contribution in [0.5, 0.6) is 0 Å². The Morgan fingerprint density at radius 1 is 1.67 bits per heavy atom. The van der Waals surface area contributed by atoms with Gasteiger partial charge in [-0.25, -0.2) is 0 Å². The van der Waals surface area contributed by atoms with Gasteiger partial charge in [-0.3, -0.25) is 0 Å². The molecule has 6 heavy (non-hydrogen) atoms. The SMILES string of the molecule is C[Si](C)OC[Si]. The summed E-state index contributed by atoms with van der Waals surface area (Å²) in [5, 5.41) is 0. The fourth-order valence-corrected chi connectivity index (χ4v) is 1.30. The fourth-order valence-electron chi connectivity index (χ4n) is 0.144. The van der Waals surface area contributed by atoms with E-state index in [1.807, 2.05) is 0 Å². The maximum Gasteiger partial charge on any atom is 0.204 e. The van der Waals surface area contributed by atoms with Crippen molar-refractivity contribution in [3.05, 3.63) is 0 Å². The first kappa shape index (κ1) is 6.39. The van der Waals surface area contributed by atoms with Crippen LogP contribution in [-0.4, -0.2) is 25.5 Å². The second-order valence-corrected chi connectivity index (χ2v) is 3.59. The van der Waals surface area contributed by atoms with Crippen LogP contribution < -0.4 is 0 Å². The lowest BCUT2D eigenvalue weighted by Gasteiger charge is -1.97. The predicted molar refractivity (Wildman–Crippen MR) is 29.2 cm³/mol. The Kier molecular flexibility index (Phi) is 3.81. The fraction of sp³-hybridized carbons (Fsp3) is 1.00. The van der Waals surface area contributed by atoms with Gasteiger partial charge in [0.15, 0.2) is 0 Å². The third-order valence-corrected chi connectivity index (χ3v) is 1.52. The van der Waals surface area contributed by atoms with Crippen LogP contribution in [0.25, 0.3) is 0 Å². The number of hydrogen-bond donors (Lipinski definition) is 0. The van der Waals surface area contributed by atoms with Gasteiger partial charge in [-0.15, -0.1) is 0 Å². The van der Waals surface area contributed by atoms with E-state index in [4.69, 9.17) is 4.43 Å². The molecule has 0 saturated heterocycles. The van der Waals surface area contributed by atoms with Crippen molar-refractivity contribution >= 4 is 19.3 Å². The van der Waals surface area contributed by atoms with E-state index < -0.39 is 9.04 Å². The molecule has 0 rings (SSSR count). The molecule has 34 valence electrons. The Morgan fingerprint density at radius 3 is 2.17 bits per heavy atom. The van der Waals surface area contributed by atoms with Gasteiger partial charge in [-0.05, 0) is 13.1 Å². The minimum Gasteiger partial charge on any atom is -0.421 e. The highest BCUT2D eigenvalue weighted by Crippen LogP contribution is 1.77. The van der Waals surface area contributed by atoms with Crippen molar-refractivity contribution in [3.8, 4) is 0 Å². The zero-order valence-corrected chi connectivity index (χ0v) is 6.12. The summed E-state index contributed by atoms with van der Waals surface area (Å²) in [4.78, 5) is 0. The predicted octanol–water partition coefficient (Wildman–Crippen LogP) is 0.380. The van der Waals surface area contributed by atoms with Gasteiger partial charge in [-0.2, -0.15) is 0 Å². The molecule has 4 radical (unpaired) electrons. The van der Waals surface area contributed by atoms with Crippen LogP contribution in [0.2, 0.25) is 13.1 Å². The van der Waals surface area contributed by atoms with Gasteiger partial charge in [0.2, 0.25) is 9.04 Å². The Morgan fingerprint density at radius 2 is 2.17 bits per heavy atom. The highest BCUT2D eigenvalue weighted by atomic mass is 28.3. The van der Waals surface area contributed by atoms with E-state index in [1.54, 1.807) is 0 Å². The molecule has 0 atom stereocenters. The molecular formula is C3H8OSi2. The summed E-state index contributed by atoms with van der Waals surface area (Å²) in [6.45, 7) is 4.20. The molecule has 3 heteroatoms. The lowest BCUT2D eigenvalue weighted by molar-refractivity contribution is 0.401. The molecule has 0 aliphatic heterocycles. The molecule has 0 fully saturated rings. The molecule has 0 N–H and O–H groups in total. The Bertz CT molecular complexity index is 30.0. The molecule has 1 nitrogen and oxygen atoms in total. The molecule has 0 spiro atoms. The summed E-state index contributed by atoms with van der Waals surface area (Å²) in [7, 11) is 2.76. The van der Waals surface area contributed by atoms with E-state index in [0.29, 0.717) is 6.23 Å². The average Bonchev–Trinajstić information content (AvgIpc) is 1.35. The minimum absolute atomic E-state index is 0.434. The van der Waals surface area contributed by atoms with Crippen molar-refractivity contribution in [1.29, 1.82) is 0 Å². The summed E-state index contributed by atoms with van der Waals surface area (Å²) in [6.07, 6.45) is 0.682. The number of rotatable bonds is 2. The van der Waals surface area contributed by atoms with E-state index in [9.17, 15) is 0 Å². The Hall–Kier alpha value is 0.394. The average molecular weight is 116 g/mol. The second kappa shape index (κ2) is 3.58. The molecule has 0 aromatic rings. The van der Waals surface area contributed by atoms with Gasteiger partial charge >= 0.3 is 0 Å². The molecule has 0 unspecified atom stereocenters. The summed E-state index contributed by atoms with van der Waals surface area (Å²) in [6, 6.07) is 0. The van der Waals surface area contributed by atoms with Crippen LogP contribution in [0.1, 0.15) is 0 Å². The molecule has 0 heterocycles. The quantitative estimate of drug-likeness (QED) is 0.474. The molecule has 0 bridgehead atoms. The lowest BCUT2D eigenvalue weighted by Crippen LogP contribution is -2.07. The third kappa shape index (κ3) is 4.39. The van der Waals surface area contributed by atoms with E-state index >= 15 is 0 Å². The van der Waals surface area contributed by atoms with Gasteiger partial charge < -0.3 is 4.43 Å². The first-order chi connectivity index (χ1) is 2.77.